The van der Waals surface area contributed by atoms with E-state index >= 15 is 0 Å². The molecule has 4 heteroatoms. The first-order valence-corrected chi connectivity index (χ1v) is 7.63. The first kappa shape index (κ1) is 15.5. The van der Waals surface area contributed by atoms with Gasteiger partial charge in [-0.3, -0.25) is 9.59 Å². The van der Waals surface area contributed by atoms with Crippen LogP contribution < -0.4 is 4.90 Å². The van der Waals surface area contributed by atoms with Crippen molar-refractivity contribution in [2.75, 3.05) is 24.5 Å². The van der Waals surface area contributed by atoms with Gasteiger partial charge in [-0.2, -0.15) is 0 Å². The van der Waals surface area contributed by atoms with Crippen molar-refractivity contribution in [3.63, 3.8) is 0 Å². The summed E-state index contributed by atoms with van der Waals surface area (Å²) in [6.07, 6.45) is 2.59. The van der Waals surface area contributed by atoms with Crippen LogP contribution in [-0.4, -0.2) is 36.3 Å². The highest BCUT2D eigenvalue weighted by Gasteiger charge is 2.20. The lowest BCUT2D eigenvalue weighted by molar-refractivity contribution is -0.129. The van der Waals surface area contributed by atoms with Crippen LogP contribution in [0.5, 0.6) is 0 Å². The van der Waals surface area contributed by atoms with Gasteiger partial charge in [0.15, 0.2) is 0 Å². The number of nitrogens with zero attached hydrogens (tertiary/aromatic N) is 2. The van der Waals surface area contributed by atoms with Crippen molar-refractivity contribution < 1.29 is 9.59 Å². The van der Waals surface area contributed by atoms with E-state index in [1.807, 2.05) is 36.9 Å². The van der Waals surface area contributed by atoms with E-state index in [0.717, 1.165) is 42.7 Å². The van der Waals surface area contributed by atoms with E-state index in [9.17, 15) is 9.59 Å². The Morgan fingerprint density at radius 1 is 1.19 bits per heavy atom. The third kappa shape index (κ3) is 3.63. The van der Waals surface area contributed by atoms with E-state index in [1.54, 1.807) is 11.8 Å². The highest BCUT2D eigenvalue weighted by molar-refractivity contribution is 5.93. The van der Waals surface area contributed by atoms with Crippen molar-refractivity contribution in [2.24, 2.45) is 0 Å². The van der Waals surface area contributed by atoms with Gasteiger partial charge in [-0.25, -0.2) is 0 Å². The van der Waals surface area contributed by atoms with Gasteiger partial charge in [0.05, 0.1) is 0 Å². The minimum atomic E-state index is -0.0158. The summed E-state index contributed by atoms with van der Waals surface area (Å²) in [6.45, 7) is 7.79. The third-order valence-electron chi connectivity index (χ3n) is 4.25. The predicted molar refractivity (Wildman–Crippen MR) is 84.4 cm³/mol. The molecule has 21 heavy (non-hydrogen) atoms. The molecule has 0 aliphatic carbocycles. The van der Waals surface area contributed by atoms with Gasteiger partial charge < -0.3 is 9.80 Å². The second-order valence-electron chi connectivity index (χ2n) is 5.73. The number of amides is 2. The van der Waals surface area contributed by atoms with Crippen LogP contribution in [0, 0.1) is 13.8 Å². The van der Waals surface area contributed by atoms with Gasteiger partial charge in [-0.15, -0.1) is 0 Å². The summed E-state index contributed by atoms with van der Waals surface area (Å²) in [5, 5.41) is 0. The maximum absolute atomic E-state index is 12.1. The SMILES string of the molecule is CC(=O)N(CCC(=O)N1CCCC1)c1cccc(C)c1C. The zero-order valence-corrected chi connectivity index (χ0v) is 13.2. The predicted octanol–water partition coefficient (Wildman–Crippen LogP) is 2.67. The second-order valence-corrected chi connectivity index (χ2v) is 5.73. The van der Waals surface area contributed by atoms with Crippen LogP contribution in [0.2, 0.25) is 0 Å². The average molecular weight is 288 g/mol. The summed E-state index contributed by atoms with van der Waals surface area (Å²) < 4.78 is 0. The Morgan fingerprint density at radius 2 is 1.86 bits per heavy atom. The fraction of sp³-hybridized carbons (Fsp3) is 0.529. The standard InChI is InChI=1S/C17H24N2O2/c1-13-7-6-8-16(14(13)2)19(15(3)20)12-9-17(21)18-10-4-5-11-18/h6-8H,4-5,9-12H2,1-3H3. The minimum absolute atomic E-state index is 0.0158. The Kier molecular flexibility index (Phi) is 4.99. The van der Waals surface area contributed by atoms with Gasteiger partial charge in [-0.05, 0) is 43.9 Å². The molecule has 0 N–H and O–H groups in total. The largest absolute Gasteiger partial charge is 0.343 e. The molecule has 0 atom stereocenters. The summed E-state index contributed by atoms with van der Waals surface area (Å²) in [4.78, 5) is 27.7. The number of benzene rings is 1. The summed E-state index contributed by atoms with van der Waals surface area (Å²) >= 11 is 0. The summed E-state index contributed by atoms with van der Waals surface area (Å²) in [5.41, 5.74) is 3.17. The molecule has 1 fully saturated rings. The Hall–Kier alpha value is -1.84. The van der Waals surface area contributed by atoms with Crippen molar-refractivity contribution in [2.45, 2.75) is 40.0 Å². The van der Waals surface area contributed by atoms with Crippen molar-refractivity contribution in [3.05, 3.63) is 29.3 Å². The Morgan fingerprint density at radius 3 is 2.48 bits per heavy atom. The number of hydrogen-bond donors (Lipinski definition) is 0. The average Bonchev–Trinajstić information content (AvgIpc) is 2.97. The second kappa shape index (κ2) is 6.74. The molecule has 1 saturated heterocycles. The molecule has 2 amide bonds. The first-order chi connectivity index (χ1) is 10.0. The lowest BCUT2D eigenvalue weighted by Crippen LogP contribution is -2.35. The van der Waals surface area contributed by atoms with Crippen molar-refractivity contribution in [1.29, 1.82) is 0 Å². The van der Waals surface area contributed by atoms with Crippen LogP contribution in [0.15, 0.2) is 18.2 Å². The molecule has 0 radical (unpaired) electrons. The molecule has 0 unspecified atom stereocenters. The quantitative estimate of drug-likeness (QED) is 0.854. The monoisotopic (exact) mass is 288 g/mol. The highest BCUT2D eigenvalue weighted by atomic mass is 16.2. The molecular formula is C17H24N2O2. The Labute approximate surface area is 126 Å². The van der Waals surface area contributed by atoms with Crippen molar-refractivity contribution in [1.82, 2.24) is 4.90 Å². The maximum Gasteiger partial charge on any atom is 0.224 e. The van der Waals surface area contributed by atoms with E-state index in [4.69, 9.17) is 0 Å². The number of likely N-dealkylation sites (tertiary alicyclic amines) is 1. The molecule has 1 aromatic carbocycles. The molecule has 1 aromatic rings. The van der Waals surface area contributed by atoms with Gasteiger partial charge in [0.2, 0.25) is 11.8 Å². The zero-order valence-electron chi connectivity index (χ0n) is 13.2. The van der Waals surface area contributed by atoms with E-state index in [-0.39, 0.29) is 11.8 Å². The number of aryl methyl sites for hydroxylation is 1. The molecule has 0 spiro atoms. The number of rotatable bonds is 4. The van der Waals surface area contributed by atoms with Gasteiger partial charge in [0.1, 0.15) is 0 Å². The molecule has 1 heterocycles. The lowest BCUT2D eigenvalue weighted by Gasteiger charge is -2.25. The van der Waals surface area contributed by atoms with E-state index < -0.39 is 0 Å². The molecule has 0 aromatic heterocycles. The summed E-state index contributed by atoms with van der Waals surface area (Å²) in [7, 11) is 0. The van der Waals surface area contributed by atoms with Gasteiger partial charge >= 0.3 is 0 Å². The Bertz CT molecular complexity index is 534. The van der Waals surface area contributed by atoms with Crippen LogP contribution >= 0.6 is 0 Å². The maximum atomic E-state index is 12.1. The van der Waals surface area contributed by atoms with Crippen LogP contribution in [0.1, 0.15) is 37.3 Å². The molecule has 2 rings (SSSR count). The topological polar surface area (TPSA) is 40.6 Å². The lowest BCUT2D eigenvalue weighted by atomic mass is 10.1. The molecular weight excluding hydrogens is 264 g/mol. The molecule has 4 nitrogen and oxygen atoms in total. The normalized spacial score (nSPS) is 14.3. The van der Waals surface area contributed by atoms with Crippen LogP contribution in [-0.2, 0) is 9.59 Å². The first-order valence-electron chi connectivity index (χ1n) is 7.63. The fourth-order valence-corrected chi connectivity index (χ4v) is 2.81. The zero-order chi connectivity index (χ0) is 15.4. The van der Waals surface area contributed by atoms with Crippen LogP contribution in [0.4, 0.5) is 5.69 Å². The highest BCUT2D eigenvalue weighted by Crippen LogP contribution is 2.23. The molecule has 1 aliphatic rings. The smallest absolute Gasteiger partial charge is 0.224 e. The van der Waals surface area contributed by atoms with Gasteiger partial charge in [-0.1, -0.05) is 12.1 Å². The fourth-order valence-electron chi connectivity index (χ4n) is 2.81. The molecule has 0 saturated carbocycles. The van der Waals surface area contributed by atoms with Crippen molar-refractivity contribution in [3.8, 4) is 0 Å². The summed E-state index contributed by atoms with van der Waals surface area (Å²) in [5.74, 6) is 0.141. The molecule has 1 aliphatic heterocycles. The molecule has 0 bridgehead atoms. The van der Waals surface area contributed by atoms with Crippen LogP contribution in [0.25, 0.3) is 0 Å². The summed E-state index contributed by atoms with van der Waals surface area (Å²) in [6, 6.07) is 5.94. The number of carbonyl (C=O) groups excluding carboxylic acids is 2. The number of hydrogen-bond acceptors (Lipinski definition) is 2. The molecule has 114 valence electrons. The Balaban J connectivity index is 2.07. The van der Waals surface area contributed by atoms with E-state index in [2.05, 4.69) is 0 Å². The number of carbonyl (C=O) groups is 2. The third-order valence-corrected chi connectivity index (χ3v) is 4.25. The van der Waals surface area contributed by atoms with Crippen LogP contribution in [0.3, 0.4) is 0 Å². The van der Waals surface area contributed by atoms with Gasteiger partial charge in [0.25, 0.3) is 0 Å². The minimum Gasteiger partial charge on any atom is -0.343 e. The number of anilines is 1. The van der Waals surface area contributed by atoms with Gasteiger partial charge in [0, 0.05) is 38.7 Å². The van der Waals surface area contributed by atoms with E-state index in [0.29, 0.717) is 13.0 Å². The van der Waals surface area contributed by atoms with Crippen molar-refractivity contribution >= 4 is 17.5 Å². The van der Waals surface area contributed by atoms with E-state index in [1.165, 1.54) is 0 Å².